The number of nitriles is 1. The summed E-state index contributed by atoms with van der Waals surface area (Å²) in [5, 5.41) is 9.60. The topological polar surface area (TPSA) is 39.9 Å². The summed E-state index contributed by atoms with van der Waals surface area (Å²) in [5.74, 6) is 2.08. The van der Waals surface area contributed by atoms with Crippen LogP contribution in [0.2, 0.25) is 0 Å². The van der Waals surface area contributed by atoms with Crippen molar-refractivity contribution in [3.63, 3.8) is 0 Å². The third-order valence-corrected chi connectivity index (χ3v) is 3.89. The molecular formula is C12H15N3S. The van der Waals surface area contributed by atoms with E-state index in [1.54, 1.807) is 0 Å². The molecule has 1 aromatic heterocycles. The van der Waals surface area contributed by atoms with Crippen molar-refractivity contribution >= 4 is 17.6 Å². The molecule has 84 valence electrons. The molecule has 0 saturated carbocycles. The van der Waals surface area contributed by atoms with E-state index in [9.17, 15) is 0 Å². The Balaban J connectivity index is 2.24. The molecule has 1 aliphatic rings. The van der Waals surface area contributed by atoms with Gasteiger partial charge in [0.2, 0.25) is 0 Å². The van der Waals surface area contributed by atoms with Crippen LogP contribution in [0.15, 0.2) is 12.1 Å². The summed E-state index contributed by atoms with van der Waals surface area (Å²) in [6.45, 7) is 6.20. The van der Waals surface area contributed by atoms with E-state index in [0.29, 0.717) is 10.9 Å². The molecule has 0 radical (unpaired) electrons. The van der Waals surface area contributed by atoms with Crippen molar-refractivity contribution in [1.82, 2.24) is 4.98 Å². The van der Waals surface area contributed by atoms with Crippen LogP contribution in [-0.4, -0.2) is 29.1 Å². The van der Waals surface area contributed by atoms with Gasteiger partial charge in [0.25, 0.3) is 0 Å². The SMILES string of the molecule is Cc1ccc(N2CCSC(C)C2)nc1C#N. The molecule has 0 bridgehead atoms. The molecule has 2 rings (SSSR count). The Morgan fingerprint density at radius 2 is 2.38 bits per heavy atom. The van der Waals surface area contributed by atoms with Crippen LogP contribution >= 0.6 is 11.8 Å². The summed E-state index contributed by atoms with van der Waals surface area (Å²) in [4.78, 5) is 6.67. The van der Waals surface area contributed by atoms with Crippen molar-refractivity contribution in [3.8, 4) is 6.07 Å². The van der Waals surface area contributed by atoms with E-state index in [1.165, 1.54) is 0 Å². The fraction of sp³-hybridized carbons (Fsp3) is 0.500. The van der Waals surface area contributed by atoms with Crippen molar-refractivity contribution in [2.75, 3.05) is 23.7 Å². The molecule has 1 saturated heterocycles. The molecule has 3 nitrogen and oxygen atoms in total. The highest BCUT2D eigenvalue weighted by molar-refractivity contribution is 8.00. The Kier molecular flexibility index (Phi) is 3.35. The maximum Gasteiger partial charge on any atom is 0.145 e. The number of hydrogen-bond acceptors (Lipinski definition) is 4. The first-order valence-electron chi connectivity index (χ1n) is 5.45. The van der Waals surface area contributed by atoms with Gasteiger partial charge in [-0.25, -0.2) is 4.98 Å². The number of thioether (sulfide) groups is 1. The Hall–Kier alpha value is -1.21. The second-order valence-electron chi connectivity index (χ2n) is 4.07. The third-order valence-electron chi connectivity index (χ3n) is 2.75. The van der Waals surface area contributed by atoms with Crippen LogP contribution < -0.4 is 4.90 Å². The molecular weight excluding hydrogens is 218 g/mol. The lowest BCUT2D eigenvalue weighted by molar-refractivity contribution is 0.769. The van der Waals surface area contributed by atoms with Crippen LogP contribution in [0, 0.1) is 18.3 Å². The molecule has 1 unspecified atom stereocenters. The standard InChI is InChI=1S/C12H15N3S/c1-9-3-4-12(14-11(9)7-13)15-5-6-16-10(2)8-15/h3-4,10H,5-6,8H2,1-2H3. The zero-order valence-electron chi connectivity index (χ0n) is 9.60. The number of nitrogens with zero attached hydrogens (tertiary/aromatic N) is 3. The number of pyridine rings is 1. The number of aryl methyl sites for hydroxylation is 1. The Labute approximate surface area is 100 Å². The molecule has 16 heavy (non-hydrogen) atoms. The molecule has 0 N–H and O–H groups in total. The molecule has 0 amide bonds. The van der Waals surface area contributed by atoms with Gasteiger partial charge in [-0.1, -0.05) is 13.0 Å². The largest absolute Gasteiger partial charge is 0.355 e. The first-order valence-corrected chi connectivity index (χ1v) is 6.50. The van der Waals surface area contributed by atoms with E-state index in [4.69, 9.17) is 5.26 Å². The van der Waals surface area contributed by atoms with Crippen LogP contribution in [0.4, 0.5) is 5.82 Å². The summed E-state index contributed by atoms with van der Waals surface area (Å²) in [5.41, 5.74) is 1.49. The summed E-state index contributed by atoms with van der Waals surface area (Å²) in [6.07, 6.45) is 0. The number of rotatable bonds is 1. The molecule has 0 aromatic carbocycles. The lowest BCUT2D eigenvalue weighted by Crippen LogP contribution is -2.37. The Bertz CT molecular complexity index is 425. The molecule has 0 aliphatic carbocycles. The quantitative estimate of drug-likeness (QED) is 0.745. The first kappa shape index (κ1) is 11.3. The summed E-state index contributed by atoms with van der Waals surface area (Å²) in [7, 11) is 0. The van der Waals surface area contributed by atoms with Crippen LogP contribution in [0.25, 0.3) is 0 Å². The van der Waals surface area contributed by atoms with Gasteiger partial charge in [-0.05, 0) is 18.6 Å². The highest BCUT2D eigenvalue weighted by Crippen LogP contribution is 2.23. The minimum absolute atomic E-state index is 0.545. The van der Waals surface area contributed by atoms with Gasteiger partial charge in [0.1, 0.15) is 17.6 Å². The van der Waals surface area contributed by atoms with Gasteiger partial charge in [-0.15, -0.1) is 0 Å². The van der Waals surface area contributed by atoms with E-state index in [1.807, 2.05) is 30.8 Å². The van der Waals surface area contributed by atoms with Gasteiger partial charge in [0, 0.05) is 24.1 Å². The average molecular weight is 233 g/mol. The van der Waals surface area contributed by atoms with Gasteiger partial charge < -0.3 is 4.90 Å². The lowest BCUT2D eigenvalue weighted by atomic mass is 10.2. The second-order valence-corrected chi connectivity index (χ2v) is 5.62. The predicted molar refractivity (Wildman–Crippen MR) is 67.8 cm³/mol. The zero-order chi connectivity index (χ0) is 11.5. The Morgan fingerprint density at radius 3 is 3.06 bits per heavy atom. The van der Waals surface area contributed by atoms with Gasteiger partial charge in [-0.3, -0.25) is 0 Å². The van der Waals surface area contributed by atoms with E-state index in [-0.39, 0.29) is 0 Å². The fourth-order valence-corrected chi connectivity index (χ4v) is 2.85. The van der Waals surface area contributed by atoms with Crippen LogP contribution in [0.1, 0.15) is 18.2 Å². The highest BCUT2D eigenvalue weighted by Gasteiger charge is 2.18. The van der Waals surface area contributed by atoms with Crippen LogP contribution in [-0.2, 0) is 0 Å². The van der Waals surface area contributed by atoms with Gasteiger partial charge in [0.05, 0.1) is 0 Å². The van der Waals surface area contributed by atoms with Gasteiger partial charge in [0.15, 0.2) is 0 Å². The minimum atomic E-state index is 0.545. The highest BCUT2D eigenvalue weighted by atomic mass is 32.2. The summed E-state index contributed by atoms with van der Waals surface area (Å²) in [6, 6.07) is 6.14. The van der Waals surface area contributed by atoms with Crippen molar-refractivity contribution < 1.29 is 0 Å². The zero-order valence-corrected chi connectivity index (χ0v) is 10.4. The molecule has 0 spiro atoms. The second kappa shape index (κ2) is 4.75. The van der Waals surface area contributed by atoms with E-state index >= 15 is 0 Å². The maximum atomic E-state index is 8.96. The molecule has 1 aromatic rings. The van der Waals surface area contributed by atoms with E-state index in [0.717, 1.165) is 30.2 Å². The monoisotopic (exact) mass is 233 g/mol. The van der Waals surface area contributed by atoms with Gasteiger partial charge >= 0.3 is 0 Å². The normalized spacial score (nSPS) is 20.6. The van der Waals surface area contributed by atoms with Crippen molar-refractivity contribution in [2.24, 2.45) is 0 Å². The summed E-state index contributed by atoms with van der Waals surface area (Å²) < 4.78 is 0. The molecule has 1 fully saturated rings. The average Bonchev–Trinajstić information content (AvgIpc) is 2.29. The first-order chi connectivity index (χ1) is 7.70. The molecule has 4 heteroatoms. The van der Waals surface area contributed by atoms with E-state index < -0.39 is 0 Å². The van der Waals surface area contributed by atoms with Crippen molar-refractivity contribution in [3.05, 3.63) is 23.4 Å². The summed E-state index contributed by atoms with van der Waals surface area (Å²) >= 11 is 2.00. The lowest BCUT2D eigenvalue weighted by Gasteiger charge is -2.31. The van der Waals surface area contributed by atoms with Crippen molar-refractivity contribution in [2.45, 2.75) is 19.1 Å². The third kappa shape index (κ3) is 2.30. The molecule has 1 atom stereocenters. The number of aromatic nitrogens is 1. The fourth-order valence-electron chi connectivity index (χ4n) is 1.83. The number of anilines is 1. The smallest absolute Gasteiger partial charge is 0.145 e. The van der Waals surface area contributed by atoms with Gasteiger partial charge in [-0.2, -0.15) is 17.0 Å². The van der Waals surface area contributed by atoms with Crippen LogP contribution in [0.3, 0.4) is 0 Å². The molecule has 2 heterocycles. The number of hydrogen-bond donors (Lipinski definition) is 0. The molecule has 1 aliphatic heterocycles. The minimum Gasteiger partial charge on any atom is -0.355 e. The Morgan fingerprint density at radius 1 is 1.56 bits per heavy atom. The van der Waals surface area contributed by atoms with Crippen LogP contribution in [0.5, 0.6) is 0 Å². The van der Waals surface area contributed by atoms with E-state index in [2.05, 4.69) is 22.9 Å². The maximum absolute atomic E-state index is 8.96. The predicted octanol–water partition coefficient (Wildman–Crippen LogP) is 2.20. The van der Waals surface area contributed by atoms with Crippen molar-refractivity contribution in [1.29, 1.82) is 5.26 Å².